The van der Waals surface area contributed by atoms with E-state index in [2.05, 4.69) is 18.2 Å². The molecule has 3 aromatic carbocycles. The summed E-state index contributed by atoms with van der Waals surface area (Å²) in [6, 6.07) is 24.1. The zero-order valence-electron chi connectivity index (χ0n) is 11.9. The van der Waals surface area contributed by atoms with Gasteiger partial charge in [-0.15, -0.1) is 0 Å². The molecule has 3 heteroatoms. The van der Waals surface area contributed by atoms with Crippen molar-refractivity contribution < 1.29 is 8.76 Å². The highest BCUT2D eigenvalue weighted by atomic mass is 31.1. The lowest BCUT2D eigenvalue weighted by Crippen LogP contribution is -1.90. The molecule has 2 nitrogen and oxygen atoms in total. The van der Waals surface area contributed by atoms with E-state index in [9.17, 15) is 4.57 Å². The maximum absolute atomic E-state index is 12.2. The normalized spacial score (nSPS) is 11.9. The maximum Gasteiger partial charge on any atom is 0.597 e. The summed E-state index contributed by atoms with van der Waals surface area (Å²) in [6.07, 6.45) is 0.832. The van der Waals surface area contributed by atoms with Crippen LogP contribution in [-0.4, -0.2) is 0 Å². The predicted molar refractivity (Wildman–Crippen MR) is 90.6 cm³/mol. The minimum absolute atomic E-state index is 0.716. The second-order valence-electron chi connectivity index (χ2n) is 5.32. The third-order valence-corrected chi connectivity index (χ3v) is 5.05. The summed E-state index contributed by atoms with van der Waals surface area (Å²) >= 11 is 0. The van der Waals surface area contributed by atoms with Crippen LogP contribution >= 0.6 is 7.65 Å². The van der Waals surface area contributed by atoms with Gasteiger partial charge in [0.15, 0.2) is 5.58 Å². The molecule has 0 saturated carbocycles. The Labute approximate surface area is 128 Å². The number of hydrogen-bond acceptors (Lipinski definition) is 2. The average molecular weight is 305 g/mol. The summed E-state index contributed by atoms with van der Waals surface area (Å²) in [5.74, 6) is 0. The van der Waals surface area contributed by atoms with Gasteiger partial charge in [0.1, 0.15) is 0 Å². The fourth-order valence-electron chi connectivity index (χ4n) is 2.90. The van der Waals surface area contributed by atoms with Gasteiger partial charge in [0.25, 0.3) is 0 Å². The minimum atomic E-state index is -1.82. The number of fused-ring (bicyclic) bond motifs is 3. The van der Waals surface area contributed by atoms with E-state index in [-0.39, 0.29) is 0 Å². The lowest BCUT2D eigenvalue weighted by atomic mass is 9.99. The quantitative estimate of drug-likeness (QED) is 0.430. The molecule has 0 radical (unpaired) electrons. The number of benzene rings is 3. The van der Waals surface area contributed by atoms with Crippen molar-refractivity contribution in [2.75, 3.05) is 0 Å². The molecule has 0 bridgehead atoms. The minimum Gasteiger partial charge on any atom is -0.250 e. The molecule has 4 aromatic rings. The summed E-state index contributed by atoms with van der Waals surface area (Å²) in [6.45, 7) is 0. The largest absolute Gasteiger partial charge is 0.597 e. The van der Waals surface area contributed by atoms with Crippen molar-refractivity contribution in [3.8, 4) is 0 Å². The summed E-state index contributed by atoms with van der Waals surface area (Å²) < 4.78 is 17.9. The molecule has 4 rings (SSSR count). The van der Waals surface area contributed by atoms with Crippen molar-refractivity contribution in [2.24, 2.45) is 0 Å². The Morgan fingerprint density at radius 1 is 0.818 bits per heavy atom. The Kier molecular flexibility index (Phi) is 3.25. The van der Waals surface area contributed by atoms with Crippen molar-refractivity contribution in [1.82, 2.24) is 0 Å². The molecule has 0 saturated heterocycles. The highest BCUT2D eigenvalue weighted by Crippen LogP contribution is 2.37. The standard InChI is InChI=1S/C19H14O2P/c20-22-18-12-5-4-10-16(18)19-15(9-6-11-17(19)21-22)13-14-7-2-1-3-8-14/h1-12H,13H2/q+1. The molecule has 0 N–H and O–H groups in total. The highest BCUT2D eigenvalue weighted by molar-refractivity contribution is 7.37. The molecule has 1 aromatic heterocycles. The summed E-state index contributed by atoms with van der Waals surface area (Å²) in [5, 5.41) is 2.87. The Morgan fingerprint density at radius 2 is 1.59 bits per heavy atom. The van der Waals surface area contributed by atoms with Crippen LogP contribution in [0.3, 0.4) is 0 Å². The van der Waals surface area contributed by atoms with Gasteiger partial charge in [0.05, 0.1) is 0 Å². The van der Waals surface area contributed by atoms with Crippen LogP contribution in [0.2, 0.25) is 0 Å². The second kappa shape index (κ2) is 5.40. The van der Waals surface area contributed by atoms with Gasteiger partial charge in [0, 0.05) is 10.8 Å². The van der Waals surface area contributed by atoms with E-state index >= 15 is 0 Å². The Bertz CT molecular complexity index is 1020. The Hall–Kier alpha value is -2.44. The van der Waals surface area contributed by atoms with Crippen molar-refractivity contribution in [1.29, 1.82) is 0 Å². The van der Waals surface area contributed by atoms with Gasteiger partial charge < -0.3 is 0 Å². The van der Waals surface area contributed by atoms with Crippen molar-refractivity contribution in [3.63, 3.8) is 0 Å². The molecule has 1 heterocycles. The van der Waals surface area contributed by atoms with Crippen LogP contribution in [0.1, 0.15) is 11.1 Å². The molecule has 0 fully saturated rings. The van der Waals surface area contributed by atoms with Gasteiger partial charge in [-0.3, -0.25) is 0 Å². The van der Waals surface area contributed by atoms with Gasteiger partial charge in [-0.25, -0.2) is 4.20 Å². The van der Waals surface area contributed by atoms with E-state index in [0.717, 1.165) is 22.3 Å². The van der Waals surface area contributed by atoms with Crippen molar-refractivity contribution in [3.05, 3.63) is 83.9 Å². The molecule has 22 heavy (non-hydrogen) atoms. The molecule has 1 atom stereocenters. The monoisotopic (exact) mass is 305 g/mol. The fourth-order valence-corrected chi connectivity index (χ4v) is 3.92. The van der Waals surface area contributed by atoms with E-state index in [1.54, 1.807) is 0 Å². The van der Waals surface area contributed by atoms with E-state index in [4.69, 9.17) is 4.20 Å². The molecule has 106 valence electrons. The third-order valence-electron chi connectivity index (χ3n) is 3.90. The average Bonchev–Trinajstić information content (AvgIpc) is 2.56. The van der Waals surface area contributed by atoms with E-state index in [1.165, 1.54) is 11.1 Å². The van der Waals surface area contributed by atoms with Crippen LogP contribution in [0.25, 0.3) is 21.5 Å². The first-order valence-electron chi connectivity index (χ1n) is 7.23. The summed E-state index contributed by atoms with van der Waals surface area (Å²) in [7, 11) is -1.82. The molecule has 0 amide bonds. The van der Waals surface area contributed by atoms with Gasteiger partial charge in [-0.05, 0) is 40.3 Å². The molecule has 0 aliphatic carbocycles. The highest BCUT2D eigenvalue weighted by Gasteiger charge is 2.18. The zero-order valence-corrected chi connectivity index (χ0v) is 12.8. The van der Waals surface area contributed by atoms with Crippen LogP contribution in [0, 0.1) is 0 Å². The predicted octanol–water partition coefficient (Wildman–Crippen LogP) is 5.92. The van der Waals surface area contributed by atoms with Gasteiger partial charge in [-0.1, -0.05) is 54.6 Å². The molecule has 0 aliphatic rings. The summed E-state index contributed by atoms with van der Waals surface area (Å²) in [5.41, 5.74) is 3.16. The topological polar surface area (TPSA) is 30.2 Å². The fraction of sp³-hybridized carbons (Fsp3) is 0.0526. The molecule has 1 unspecified atom stereocenters. The van der Waals surface area contributed by atoms with Crippen LogP contribution in [0.15, 0.2) is 77.0 Å². The van der Waals surface area contributed by atoms with Gasteiger partial charge >= 0.3 is 7.65 Å². The van der Waals surface area contributed by atoms with Crippen LogP contribution in [-0.2, 0) is 11.0 Å². The molecular weight excluding hydrogens is 291 g/mol. The Balaban J connectivity index is 2.03. The van der Waals surface area contributed by atoms with Gasteiger partial charge in [-0.2, -0.15) is 0 Å². The third kappa shape index (κ3) is 2.22. The lowest BCUT2D eigenvalue weighted by Gasteiger charge is -2.06. The first-order valence-corrected chi connectivity index (χ1v) is 8.41. The Morgan fingerprint density at radius 3 is 2.45 bits per heavy atom. The first-order chi connectivity index (χ1) is 10.8. The SMILES string of the molecule is O=[p+]1oc2cccc(Cc3ccccc3)c2c2ccccc21. The van der Waals surface area contributed by atoms with Crippen molar-refractivity contribution >= 4 is 29.1 Å². The van der Waals surface area contributed by atoms with Crippen LogP contribution in [0.4, 0.5) is 0 Å². The smallest absolute Gasteiger partial charge is 0.250 e. The van der Waals surface area contributed by atoms with Crippen LogP contribution in [0.5, 0.6) is 0 Å². The van der Waals surface area contributed by atoms with Crippen molar-refractivity contribution in [2.45, 2.75) is 6.42 Å². The number of hydrogen-bond donors (Lipinski definition) is 0. The van der Waals surface area contributed by atoms with E-state index in [1.807, 2.05) is 54.6 Å². The number of rotatable bonds is 2. The van der Waals surface area contributed by atoms with Gasteiger partial charge in [0.2, 0.25) is 5.12 Å². The first kappa shape index (κ1) is 13.2. The van der Waals surface area contributed by atoms with E-state index in [0.29, 0.717) is 5.58 Å². The molecule has 0 spiro atoms. The second-order valence-corrected chi connectivity index (χ2v) is 6.50. The van der Waals surface area contributed by atoms with Crippen LogP contribution < -0.4 is 0 Å². The van der Waals surface area contributed by atoms with E-state index < -0.39 is 7.65 Å². The zero-order chi connectivity index (χ0) is 14.9. The molecule has 0 aliphatic heterocycles. The maximum atomic E-state index is 12.2. The molecular formula is C19H14O2P+. The lowest BCUT2D eigenvalue weighted by molar-refractivity contribution is 0.563. The summed E-state index contributed by atoms with van der Waals surface area (Å²) in [4.78, 5) is 0.